The first-order valence-electron chi connectivity index (χ1n) is 8.27. The Kier molecular flexibility index (Phi) is 4.71. The smallest absolute Gasteiger partial charge is 0.227 e. The van der Waals surface area contributed by atoms with Crippen LogP contribution in [0.15, 0.2) is 23.1 Å². The minimum atomic E-state index is -0.958. The highest BCUT2D eigenvalue weighted by Gasteiger charge is 2.38. The van der Waals surface area contributed by atoms with Gasteiger partial charge in [0.25, 0.3) is 0 Å². The van der Waals surface area contributed by atoms with Gasteiger partial charge >= 0.3 is 0 Å². The Morgan fingerprint density at radius 1 is 1.44 bits per heavy atom. The summed E-state index contributed by atoms with van der Waals surface area (Å²) in [5, 5.41) is 14.7. The molecule has 3 heterocycles. The fourth-order valence-corrected chi connectivity index (χ4v) is 3.21. The molecule has 1 amide bonds. The summed E-state index contributed by atoms with van der Waals surface area (Å²) in [5.41, 5.74) is 0.588. The summed E-state index contributed by atoms with van der Waals surface area (Å²) >= 11 is 0. The van der Waals surface area contributed by atoms with Crippen molar-refractivity contribution in [2.24, 2.45) is 0 Å². The maximum atomic E-state index is 12.5. The van der Waals surface area contributed by atoms with E-state index in [0.29, 0.717) is 25.3 Å². The molecule has 8 nitrogen and oxygen atoms in total. The number of aliphatic hydroxyl groups is 1. The van der Waals surface area contributed by atoms with E-state index in [2.05, 4.69) is 15.1 Å². The van der Waals surface area contributed by atoms with Crippen LogP contribution in [0.4, 0.5) is 5.82 Å². The van der Waals surface area contributed by atoms with Gasteiger partial charge in [0.2, 0.25) is 5.91 Å². The van der Waals surface area contributed by atoms with Gasteiger partial charge in [-0.15, -0.1) is 0 Å². The van der Waals surface area contributed by atoms with Crippen molar-refractivity contribution < 1.29 is 14.4 Å². The number of anilines is 1. The van der Waals surface area contributed by atoms with E-state index in [0.717, 1.165) is 17.1 Å². The quantitative estimate of drug-likeness (QED) is 0.853. The molecule has 0 saturated carbocycles. The molecule has 8 heteroatoms. The minimum Gasteiger partial charge on any atom is -0.386 e. The molecule has 0 radical (unpaired) electrons. The molecule has 1 saturated heterocycles. The zero-order valence-electron chi connectivity index (χ0n) is 14.8. The number of β-amino-alcohol motifs (C(OH)–C–C–N with tert-alkyl or cyclic N) is 1. The highest BCUT2D eigenvalue weighted by atomic mass is 16.5. The van der Waals surface area contributed by atoms with Crippen molar-refractivity contribution in [1.29, 1.82) is 0 Å². The predicted octanol–water partition coefficient (Wildman–Crippen LogP) is 0.724. The van der Waals surface area contributed by atoms with Gasteiger partial charge in [0.1, 0.15) is 17.2 Å². The molecule has 0 aliphatic carbocycles. The first kappa shape index (κ1) is 17.3. The molecule has 1 N–H and O–H groups in total. The molecule has 1 aliphatic rings. The SMILES string of the molecule is Cc1noc(C)c1CC(=O)N(C)C[C@]1(O)CCN(c2cnccn2)C1. The van der Waals surface area contributed by atoms with Gasteiger partial charge in [-0.05, 0) is 20.3 Å². The van der Waals surface area contributed by atoms with E-state index in [-0.39, 0.29) is 18.9 Å². The van der Waals surface area contributed by atoms with Gasteiger partial charge in [0.05, 0.1) is 24.9 Å². The number of carbonyl (C=O) groups is 1. The molecule has 1 aliphatic heterocycles. The van der Waals surface area contributed by atoms with Crippen molar-refractivity contribution in [3.05, 3.63) is 35.6 Å². The molecule has 25 heavy (non-hydrogen) atoms. The van der Waals surface area contributed by atoms with Crippen LogP contribution in [0, 0.1) is 13.8 Å². The van der Waals surface area contributed by atoms with Crippen molar-refractivity contribution in [2.45, 2.75) is 32.3 Å². The molecule has 1 fully saturated rings. The van der Waals surface area contributed by atoms with E-state index >= 15 is 0 Å². The average Bonchev–Trinajstić information content (AvgIpc) is 3.13. The molecule has 0 aromatic carbocycles. The van der Waals surface area contributed by atoms with Gasteiger partial charge in [0, 0.05) is 38.1 Å². The van der Waals surface area contributed by atoms with Crippen molar-refractivity contribution in [3.63, 3.8) is 0 Å². The van der Waals surface area contributed by atoms with Crippen LogP contribution in [0.25, 0.3) is 0 Å². The monoisotopic (exact) mass is 345 g/mol. The van der Waals surface area contributed by atoms with Crippen LogP contribution in [0.2, 0.25) is 0 Å². The second kappa shape index (κ2) is 6.79. The number of rotatable bonds is 5. The fraction of sp³-hybridized carbons (Fsp3) is 0.529. The lowest BCUT2D eigenvalue weighted by atomic mass is 10.0. The Hall–Kier alpha value is -2.48. The van der Waals surface area contributed by atoms with E-state index in [1.807, 2.05) is 11.8 Å². The molecule has 0 spiro atoms. The minimum absolute atomic E-state index is 0.0687. The molecule has 2 aromatic rings. The first-order valence-corrected chi connectivity index (χ1v) is 8.27. The summed E-state index contributed by atoms with van der Waals surface area (Å²) in [6.07, 6.45) is 5.73. The molecule has 2 aromatic heterocycles. The lowest BCUT2D eigenvalue weighted by Gasteiger charge is -2.29. The second-order valence-electron chi connectivity index (χ2n) is 6.69. The van der Waals surface area contributed by atoms with Crippen LogP contribution in [0.1, 0.15) is 23.4 Å². The van der Waals surface area contributed by atoms with Crippen LogP contribution in [0.5, 0.6) is 0 Å². The maximum absolute atomic E-state index is 12.5. The third-order valence-corrected chi connectivity index (χ3v) is 4.67. The molecule has 134 valence electrons. The van der Waals surface area contributed by atoms with Crippen LogP contribution in [-0.2, 0) is 11.2 Å². The number of carbonyl (C=O) groups excluding carboxylic acids is 1. The second-order valence-corrected chi connectivity index (χ2v) is 6.69. The number of amides is 1. The third kappa shape index (κ3) is 3.79. The fourth-order valence-electron chi connectivity index (χ4n) is 3.21. The summed E-state index contributed by atoms with van der Waals surface area (Å²) < 4.78 is 5.10. The van der Waals surface area contributed by atoms with Crippen LogP contribution < -0.4 is 4.90 Å². The number of nitrogens with zero attached hydrogens (tertiary/aromatic N) is 5. The zero-order valence-corrected chi connectivity index (χ0v) is 14.8. The van der Waals surface area contributed by atoms with Crippen molar-refractivity contribution in [1.82, 2.24) is 20.0 Å². The van der Waals surface area contributed by atoms with Crippen LogP contribution in [-0.4, -0.2) is 63.3 Å². The summed E-state index contributed by atoms with van der Waals surface area (Å²) in [7, 11) is 1.71. The zero-order chi connectivity index (χ0) is 18.0. The Balaban J connectivity index is 1.60. The van der Waals surface area contributed by atoms with Crippen molar-refractivity contribution in [3.8, 4) is 0 Å². The lowest BCUT2D eigenvalue weighted by molar-refractivity contribution is -0.132. The molecular formula is C17H23N5O3. The maximum Gasteiger partial charge on any atom is 0.227 e. The summed E-state index contributed by atoms with van der Waals surface area (Å²) in [5.74, 6) is 1.33. The topological polar surface area (TPSA) is 95.6 Å². The van der Waals surface area contributed by atoms with Crippen LogP contribution in [0.3, 0.4) is 0 Å². The number of aromatic nitrogens is 3. The molecule has 3 rings (SSSR count). The van der Waals surface area contributed by atoms with E-state index in [1.165, 1.54) is 0 Å². The Morgan fingerprint density at radius 3 is 2.88 bits per heavy atom. The summed E-state index contributed by atoms with van der Waals surface area (Å²) in [6.45, 7) is 5.00. The highest BCUT2D eigenvalue weighted by Crippen LogP contribution is 2.26. The summed E-state index contributed by atoms with van der Waals surface area (Å²) in [6, 6.07) is 0. The van der Waals surface area contributed by atoms with E-state index < -0.39 is 5.60 Å². The Bertz CT molecular complexity index is 728. The molecule has 1 atom stereocenters. The van der Waals surface area contributed by atoms with Gasteiger partial charge in [-0.1, -0.05) is 5.16 Å². The van der Waals surface area contributed by atoms with Gasteiger partial charge < -0.3 is 19.4 Å². The number of aryl methyl sites for hydroxylation is 2. The van der Waals surface area contributed by atoms with Crippen LogP contribution >= 0.6 is 0 Å². The largest absolute Gasteiger partial charge is 0.386 e. The lowest BCUT2D eigenvalue weighted by Crippen LogP contribution is -2.46. The average molecular weight is 345 g/mol. The Morgan fingerprint density at radius 2 is 2.24 bits per heavy atom. The predicted molar refractivity (Wildman–Crippen MR) is 91.1 cm³/mol. The number of hydrogen-bond donors (Lipinski definition) is 1. The first-order chi connectivity index (χ1) is 11.9. The van der Waals surface area contributed by atoms with E-state index in [9.17, 15) is 9.90 Å². The van der Waals surface area contributed by atoms with Gasteiger partial charge in [0.15, 0.2) is 0 Å². The Labute approximate surface area is 146 Å². The standard InChI is InChI=1S/C17H23N5O3/c1-12-14(13(2)25-20-12)8-16(23)21(3)10-17(24)4-7-22(11-17)15-9-18-5-6-19-15/h5-6,9,24H,4,7-8,10-11H2,1-3H3/t17-/m1/s1. The highest BCUT2D eigenvalue weighted by molar-refractivity contribution is 5.79. The molecule has 0 bridgehead atoms. The van der Waals surface area contributed by atoms with E-state index in [4.69, 9.17) is 4.52 Å². The van der Waals surface area contributed by atoms with Gasteiger partial charge in [-0.3, -0.25) is 9.78 Å². The summed E-state index contributed by atoms with van der Waals surface area (Å²) in [4.78, 5) is 24.4. The van der Waals surface area contributed by atoms with Gasteiger partial charge in [-0.2, -0.15) is 0 Å². The van der Waals surface area contributed by atoms with Crippen molar-refractivity contribution >= 4 is 11.7 Å². The molecular weight excluding hydrogens is 322 g/mol. The number of likely N-dealkylation sites (N-methyl/N-ethyl adjacent to an activating group) is 1. The molecule has 0 unspecified atom stereocenters. The van der Waals surface area contributed by atoms with Crippen molar-refractivity contribution in [2.75, 3.05) is 31.6 Å². The van der Waals surface area contributed by atoms with Gasteiger partial charge in [-0.25, -0.2) is 4.98 Å². The third-order valence-electron chi connectivity index (χ3n) is 4.67. The normalized spacial score (nSPS) is 20.1. The number of hydrogen-bond acceptors (Lipinski definition) is 7. The van der Waals surface area contributed by atoms with E-state index in [1.54, 1.807) is 37.5 Å².